The lowest BCUT2D eigenvalue weighted by molar-refractivity contribution is 0.0899. The van der Waals surface area contributed by atoms with Crippen LogP contribution in [0.25, 0.3) is 22.1 Å². The number of nitrogens with zero attached hydrogens (tertiary/aromatic N) is 5. The summed E-state index contributed by atoms with van der Waals surface area (Å²) in [7, 11) is -1.13. The molecule has 2 atom stereocenters. The Morgan fingerprint density at radius 1 is 1.14 bits per heavy atom. The molecule has 4 aromatic heterocycles. The maximum absolute atomic E-state index is 13.9. The Balaban J connectivity index is 1.59. The molecule has 1 aliphatic carbocycles. The Hall–Kier alpha value is -2.71. The molecule has 0 spiro atoms. The molecule has 186 valence electrons. The first kappa shape index (κ1) is 24.0. The van der Waals surface area contributed by atoms with E-state index in [0.29, 0.717) is 19.2 Å². The van der Waals surface area contributed by atoms with Gasteiger partial charge in [-0.15, -0.1) is 0 Å². The summed E-state index contributed by atoms with van der Waals surface area (Å²) in [4.78, 5) is 23.0. The first-order valence-corrected chi connectivity index (χ1v) is 16.6. The van der Waals surface area contributed by atoms with Gasteiger partial charge in [-0.05, 0) is 42.5 Å². The third-order valence-corrected chi connectivity index (χ3v) is 9.10. The van der Waals surface area contributed by atoms with E-state index in [1.807, 2.05) is 35.3 Å². The number of imidazole rings is 1. The van der Waals surface area contributed by atoms with Crippen LogP contribution in [0.15, 0.2) is 47.8 Å². The van der Waals surface area contributed by atoms with Crippen molar-refractivity contribution in [2.45, 2.75) is 77.6 Å². The molecule has 0 aliphatic heterocycles. The van der Waals surface area contributed by atoms with Crippen molar-refractivity contribution < 1.29 is 4.74 Å². The second kappa shape index (κ2) is 9.74. The maximum atomic E-state index is 13.9. The van der Waals surface area contributed by atoms with Crippen LogP contribution >= 0.6 is 0 Å². The van der Waals surface area contributed by atoms with E-state index in [1.165, 1.54) is 6.42 Å². The summed E-state index contributed by atoms with van der Waals surface area (Å²) in [5.74, 6) is 0.467. The van der Waals surface area contributed by atoms with Crippen molar-refractivity contribution in [1.82, 2.24) is 23.7 Å². The molecular weight excluding hydrogens is 454 g/mol. The quantitative estimate of drug-likeness (QED) is 0.236. The van der Waals surface area contributed by atoms with Crippen molar-refractivity contribution in [2.24, 2.45) is 5.92 Å². The fourth-order valence-corrected chi connectivity index (χ4v) is 6.11. The van der Waals surface area contributed by atoms with E-state index in [2.05, 4.69) is 46.7 Å². The average Bonchev–Trinajstić information content (AvgIpc) is 3.36. The van der Waals surface area contributed by atoms with E-state index in [4.69, 9.17) is 9.72 Å². The Morgan fingerprint density at radius 3 is 2.71 bits per heavy atom. The minimum absolute atomic E-state index is 0.0519. The van der Waals surface area contributed by atoms with Gasteiger partial charge in [-0.25, -0.2) is 9.78 Å². The van der Waals surface area contributed by atoms with E-state index in [1.54, 1.807) is 6.20 Å². The van der Waals surface area contributed by atoms with Crippen LogP contribution in [-0.4, -0.2) is 38.4 Å². The monoisotopic (exact) mass is 491 g/mol. The molecule has 0 saturated heterocycles. The Labute approximate surface area is 207 Å². The predicted molar refractivity (Wildman–Crippen MR) is 144 cm³/mol. The Bertz CT molecular complexity index is 1370. The van der Waals surface area contributed by atoms with E-state index in [-0.39, 0.29) is 11.7 Å². The molecule has 0 unspecified atom stereocenters. The first-order chi connectivity index (χ1) is 16.8. The van der Waals surface area contributed by atoms with Crippen molar-refractivity contribution in [2.75, 3.05) is 6.61 Å². The van der Waals surface area contributed by atoms with Crippen molar-refractivity contribution in [1.29, 1.82) is 0 Å². The van der Waals surface area contributed by atoms with Crippen LogP contribution in [0.3, 0.4) is 0 Å². The molecule has 5 rings (SSSR count). The molecule has 1 fully saturated rings. The largest absolute Gasteiger partial charge is 0.361 e. The topological polar surface area (TPSA) is 66.9 Å². The summed E-state index contributed by atoms with van der Waals surface area (Å²) in [5, 5.41) is 1.02. The van der Waals surface area contributed by atoms with E-state index >= 15 is 0 Å². The lowest BCUT2D eigenvalue weighted by atomic mass is 9.85. The standard InChI is InChI=1S/C27H37N5O2Si/c1-20-8-5-6-10-23(20)32-25-22-11-13-30(19-34-14-15-35(2,3)4)26(22)29-17-24(25)31(27(32)33)18-21-9-7-12-28-16-21/h7,9,11-13,16-17,20,23H,5-6,8,10,14-15,18-19H2,1-4H3/t20-,23+/m1/s1. The molecule has 0 amide bonds. The van der Waals surface area contributed by atoms with Gasteiger partial charge in [0.2, 0.25) is 0 Å². The normalized spacial score (nSPS) is 19.1. The van der Waals surface area contributed by atoms with Crippen LogP contribution in [0.1, 0.15) is 44.2 Å². The summed E-state index contributed by atoms with van der Waals surface area (Å²) in [6.45, 7) is 11.1. The van der Waals surface area contributed by atoms with E-state index in [0.717, 1.165) is 59.5 Å². The van der Waals surface area contributed by atoms with Gasteiger partial charge in [-0.3, -0.25) is 14.1 Å². The molecule has 1 aliphatic rings. The number of ether oxygens (including phenoxy) is 1. The highest BCUT2D eigenvalue weighted by Crippen LogP contribution is 2.36. The molecule has 4 aromatic rings. The van der Waals surface area contributed by atoms with Gasteiger partial charge in [0.25, 0.3) is 0 Å². The minimum atomic E-state index is -1.13. The number of rotatable bonds is 8. The molecular formula is C27H37N5O2Si. The van der Waals surface area contributed by atoms with Crippen molar-refractivity contribution >= 4 is 30.1 Å². The zero-order valence-corrected chi connectivity index (χ0v) is 22.4. The first-order valence-electron chi connectivity index (χ1n) is 12.9. The number of pyridine rings is 2. The zero-order chi connectivity index (χ0) is 24.6. The van der Waals surface area contributed by atoms with Crippen LogP contribution in [0, 0.1) is 5.92 Å². The third-order valence-electron chi connectivity index (χ3n) is 7.40. The molecule has 4 heterocycles. The SMILES string of the molecule is C[C@@H]1CCCC[C@@H]1n1c(=O)n(Cc2cccnc2)c2cnc3c(ccn3COCC[Si](C)(C)C)c21. The lowest BCUT2D eigenvalue weighted by Gasteiger charge is -2.29. The second-order valence-corrected chi connectivity index (χ2v) is 16.9. The third kappa shape index (κ3) is 4.86. The number of hydrogen-bond donors (Lipinski definition) is 0. The van der Waals surface area contributed by atoms with Crippen molar-refractivity contribution in [3.05, 3.63) is 59.0 Å². The van der Waals surface area contributed by atoms with Crippen LogP contribution < -0.4 is 5.69 Å². The lowest BCUT2D eigenvalue weighted by Crippen LogP contribution is -2.32. The molecule has 0 bridgehead atoms. The summed E-state index contributed by atoms with van der Waals surface area (Å²) < 4.78 is 12.0. The highest BCUT2D eigenvalue weighted by molar-refractivity contribution is 6.76. The van der Waals surface area contributed by atoms with Gasteiger partial charge < -0.3 is 9.30 Å². The maximum Gasteiger partial charge on any atom is 0.329 e. The molecule has 0 aromatic carbocycles. The van der Waals surface area contributed by atoms with Crippen LogP contribution in [0.2, 0.25) is 25.7 Å². The van der Waals surface area contributed by atoms with Gasteiger partial charge in [0.1, 0.15) is 12.4 Å². The van der Waals surface area contributed by atoms with Gasteiger partial charge in [-0.2, -0.15) is 0 Å². The summed E-state index contributed by atoms with van der Waals surface area (Å²) in [6.07, 6.45) is 12.1. The predicted octanol–water partition coefficient (Wildman–Crippen LogP) is 5.66. The second-order valence-electron chi connectivity index (χ2n) is 11.3. The molecule has 7 nitrogen and oxygen atoms in total. The van der Waals surface area contributed by atoms with Gasteiger partial charge in [0, 0.05) is 44.7 Å². The highest BCUT2D eigenvalue weighted by Gasteiger charge is 2.29. The van der Waals surface area contributed by atoms with Gasteiger partial charge in [0.15, 0.2) is 0 Å². The van der Waals surface area contributed by atoms with Crippen molar-refractivity contribution in [3.8, 4) is 0 Å². The average molecular weight is 492 g/mol. The zero-order valence-electron chi connectivity index (χ0n) is 21.4. The van der Waals surface area contributed by atoms with Gasteiger partial charge >= 0.3 is 5.69 Å². The smallest absolute Gasteiger partial charge is 0.329 e. The minimum Gasteiger partial charge on any atom is -0.361 e. The number of hydrogen-bond acceptors (Lipinski definition) is 4. The fourth-order valence-electron chi connectivity index (χ4n) is 5.35. The summed E-state index contributed by atoms with van der Waals surface area (Å²) in [5.41, 5.74) is 3.83. The van der Waals surface area contributed by atoms with E-state index in [9.17, 15) is 4.79 Å². The van der Waals surface area contributed by atoms with E-state index < -0.39 is 8.07 Å². The van der Waals surface area contributed by atoms with Crippen LogP contribution in [0.4, 0.5) is 0 Å². The summed E-state index contributed by atoms with van der Waals surface area (Å²) in [6, 6.07) is 7.38. The Kier molecular flexibility index (Phi) is 6.68. The van der Waals surface area contributed by atoms with Crippen molar-refractivity contribution in [3.63, 3.8) is 0 Å². The van der Waals surface area contributed by atoms with Gasteiger partial charge in [-0.1, -0.05) is 45.5 Å². The molecule has 0 radical (unpaired) electrons. The van der Waals surface area contributed by atoms with Gasteiger partial charge in [0.05, 0.1) is 23.8 Å². The van der Waals surface area contributed by atoms with Crippen LogP contribution in [-0.2, 0) is 18.0 Å². The number of aromatic nitrogens is 5. The summed E-state index contributed by atoms with van der Waals surface area (Å²) >= 11 is 0. The molecule has 35 heavy (non-hydrogen) atoms. The van der Waals surface area contributed by atoms with Crippen LogP contribution in [0.5, 0.6) is 0 Å². The highest BCUT2D eigenvalue weighted by atomic mass is 28.3. The fraction of sp³-hybridized carbons (Fsp3) is 0.519. The number of fused-ring (bicyclic) bond motifs is 3. The molecule has 0 N–H and O–H groups in total. The molecule has 1 saturated carbocycles. The Morgan fingerprint density at radius 2 is 1.97 bits per heavy atom. The molecule has 8 heteroatoms.